The van der Waals surface area contributed by atoms with Crippen LogP contribution in [0, 0.1) is 5.92 Å². The number of hydrogen-bond donors (Lipinski definition) is 1. The average Bonchev–Trinajstić information content (AvgIpc) is 2.41. The number of carbonyl (C=O) groups is 1. The Morgan fingerprint density at radius 2 is 2.10 bits per heavy atom. The maximum Gasteiger partial charge on any atom is 0.224 e. The van der Waals surface area contributed by atoms with E-state index >= 15 is 0 Å². The van der Waals surface area contributed by atoms with Crippen LogP contribution in [0.15, 0.2) is 18.2 Å². The molecule has 1 aromatic rings. The second kappa shape index (κ2) is 7.67. The van der Waals surface area contributed by atoms with Gasteiger partial charge in [0.2, 0.25) is 5.91 Å². The summed E-state index contributed by atoms with van der Waals surface area (Å²) in [6.45, 7) is 0.766. The Balaban J connectivity index is 1.78. The predicted octanol–water partition coefficient (Wildman–Crippen LogP) is 4.61. The summed E-state index contributed by atoms with van der Waals surface area (Å²) in [5.41, 5.74) is 0.888. The maximum atomic E-state index is 11.9. The molecule has 1 fully saturated rings. The smallest absolute Gasteiger partial charge is 0.224 e. The Labute approximate surface area is 138 Å². The van der Waals surface area contributed by atoms with Crippen molar-refractivity contribution in [2.75, 3.05) is 6.54 Å². The van der Waals surface area contributed by atoms with E-state index in [1.807, 2.05) is 6.07 Å². The van der Waals surface area contributed by atoms with E-state index in [2.05, 4.69) is 21.2 Å². The minimum absolute atomic E-state index is 0.0417. The van der Waals surface area contributed by atoms with E-state index in [9.17, 15) is 4.79 Å². The van der Waals surface area contributed by atoms with Gasteiger partial charge in [-0.25, -0.2) is 0 Å². The fraction of sp³-hybridized carbons (Fsp3) is 0.533. The third kappa shape index (κ3) is 4.94. The van der Waals surface area contributed by atoms with Crippen LogP contribution in [-0.4, -0.2) is 17.3 Å². The molecule has 1 aliphatic rings. The van der Waals surface area contributed by atoms with Crippen molar-refractivity contribution in [2.45, 2.75) is 36.9 Å². The second-order valence-electron chi connectivity index (χ2n) is 5.36. The van der Waals surface area contributed by atoms with Gasteiger partial charge in [-0.3, -0.25) is 4.79 Å². The van der Waals surface area contributed by atoms with Crippen molar-refractivity contribution >= 4 is 45.0 Å². The molecule has 2 atom stereocenters. The van der Waals surface area contributed by atoms with E-state index in [1.165, 1.54) is 19.3 Å². The van der Waals surface area contributed by atoms with Gasteiger partial charge in [0.1, 0.15) is 0 Å². The zero-order chi connectivity index (χ0) is 14.5. The third-order valence-corrected chi connectivity index (χ3v) is 5.23. The first-order valence-corrected chi connectivity index (χ1v) is 8.56. The SMILES string of the molecule is O=C(Cc1ccc(Cl)c(Cl)c1)NCC1CCCC(Br)C1. The monoisotopic (exact) mass is 377 g/mol. The second-order valence-corrected chi connectivity index (χ2v) is 7.47. The van der Waals surface area contributed by atoms with Gasteiger partial charge in [-0.1, -0.05) is 51.6 Å². The molecular weight excluding hydrogens is 361 g/mol. The third-order valence-electron chi connectivity index (χ3n) is 3.66. The molecule has 20 heavy (non-hydrogen) atoms. The number of alkyl halides is 1. The van der Waals surface area contributed by atoms with Gasteiger partial charge in [0.05, 0.1) is 16.5 Å². The highest BCUT2D eigenvalue weighted by Crippen LogP contribution is 2.28. The fourth-order valence-electron chi connectivity index (χ4n) is 2.57. The lowest BCUT2D eigenvalue weighted by Crippen LogP contribution is -2.32. The van der Waals surface area contributed by atoms with E-state index < -0.39 is 0 Å². The Morgan fingerprint density at radius 3 is 2.80 bits per heavy atom. The fourth-order valence-corrected chi connectivity index (χ4v) is 3.74. The summed E-state index contributed by atoms with van der Waals surface area (Å²) in [6, 6.07) is 5.31. The molecular formula is C15H18BrCl2NO. The van der Waals surface area contributed by atoms with E-state index in [0.29, 0.717) is 27.2 Å². The summed E-state index contributed by atoms with van der Waals surface area (Å²) in [5, 5.41) is 4.03. The molecule has 0 aliphatic heterocycles. The zero-order valence-corrected chi connectivity index (χ0v) is 14.3. The zero-order valence-electron chi connectivity index (χ0n) is 11.2. The van der Waals surface area contributed by atoms with E-state index in [0.717, 1.165) is 18.5 Å². The minimum Gasteiger partial charge on any atom is -0.356 e. The van der Waals surface area contributed by atoms with E-state index in [4.69, 9.17) is 23.2 Å². The van der Waals surface area contributed by atoms with Gasteiger partial charge in [-0.15, -0.1) is 0 Å². The number of benzene rings is 1. The number of amides is 1. The molecule has 1 N–H and O–H groups in total. The predicted molar refractivity (Wildman–Crippen MR) is 87.8 cm³/mol. The molecule has 1 amide bonds. The van der Waals surface area contributed by atoms with Gasteiger partial charge >= 0.3 is 0 Å². The van der Waals surface area contributed by atoms with Crippen LogP contribution in [0.5, 0.6) is 0 Å². The Kier molecular flexibility index (Phi) is 6.19. The van der Waals surface area contributed by atoms with Crippen LogP contribution in [0.25, 0.3) is 0 Å². The van der Waals surface area contributed by atoms with Crippen LogP contribution in [0.4, 0.5) is 0 Å². The van der Waals surface area contributed by atoms with Crippen LogP contribution < -0.4 is 5.32 Å². The van der Waals surface area contributed by atoms with Crippen molar-refractivity contribution in [1.29, 1.82) is 0 Å². The molecule has 0 heterocycles. The molecule has 1 aliphatic carbocycles. The van der Waals surface area contributed by atoms with Gasteiger partial charge < -0.3 is 5.32 Å². The normalized spacial score (nSPS) is 22.6. The van der Waals surface area contributed by atoms with Crippen molar-refractivity contribution in [3.63, 3.8) is 0 Å². The van der Waals surface area contributed by atoms with Crippen LogP contribution in [0.3, 0.4) is 0 Å². The highest BCUT2D eigenvalue weighted by atomic mass is 79.9. The molecule has 2 nitrogen and oxygen atoms in total. The first kappa shape index (κ1) is 16.1. The van der Waals surface area contributed by atoms with Crippen molar-refractivity contribution < 1.29 is 4.79 Å². The van der Waals surface area contributed by atoms with Crippen molar-refractivity contribution in [2.24, 2.45) is 5.92 Å². The van der Waals surface area contributed by atoms with Crippen LogP contribution in [0.1, 0.15) is 31.2 Å². The Hall–Kier alpha value is -0.250. The van der Waals surface area contributed by atoms with Gasteiger partial charge in [-0.05, 0) is 42.9 Å². The lowest BCUT2D eigenvalue weighted by molar-refractivity contribution is -0.120. The molecule has 5 heteroatoms. The van der Waals surface area contributed by atoms with Crippen molar-refractivity contribution in [3.8, 4) is 0 Å². The lowest BCUT2D eigenvalue weighted by atomic mass is 9.89. The summed E-state index contributed by atoms with van der Waals surface area (Å²) in [6.07, 6.45) is 5.18. The molecule has 0 radical (unpaired) electrons. The van der Waals surface area contributed by atoms with Crippen LogP contribution in [-0.2, 0) is 11.2 Å². The van der Waals surface area contributed by atoms with Crippen LogP contribution >= 0.6 is 39.1 Å². The lowest BCUT2D eigenvalue weighted by Gasteiger charge is -2.25. The summed E-state index contributed by atoms with van der Waals surface area (Å²) < 4.78 is 0. The van der Waals surface area contributed by atoms with E-state index in [-0.39, 0.29) is 5.91 Å². The van der Waals surface area contributed by atoms with Crippen molar-refractivity contribution in [1.82, 2.24) is 5.32 Å². The summed E-state index contributed by atoms with van der Waals surface area (Å²) in [7, 11) is 0. The largest absolute Gasteiger partial charge is 0.356 e. The Morgan fingerprint density at radius 1 is 1.30 bits per heavy atom. The molecule has 110 valence electrons. The molecule has 2 unspecified atom stereocenters. The minimum atomic E-state index is 0.0417. The highest BCUT2D eigenvalue weighted by molar-refractivity contribution is 9.09. The quantitative estimate of drug-likeness (QED) is 0.761. The van der Waals surface area contributed by atoms with Crippen molar-refractivity contribution in [3.05, 3.63) is 33.8 Å². The number of rotatable bonds is 4. The van der Waals surface area contributed by atoms with Gasteiger partial charge in [0.25, 0.3) is 0 Å². The molecule has 0 bridgehead atoms. The Bertz CT molecular complexity index is 481. The number of carbonyl (C=O) groups excluding carboxylic acids is 1. The molecule has 0 spiro atoms. The molecule has 2 rings (SSSR count). The first-order chi connectivity index (χ1) is 9.54. The highest BCUT2D eigenvalue weighted by Gasteiger charge is 2.20. The molecule has 0 aromatic heterocycles. The standard InChI is InChI=1S/C15H18BrCl2NO/c16-12-3-1-2-11(6-12)9-19-15(20)8-10-4-5-13(17)14(18)7-10/h4-5,7,11-12H,1-3,6,8-9H2,(H,19,20). The van der Waals surface area contributed by atoms with Gasteiger partial charge in [-0.2, -0.15) is 0 Å². The number of halogens is 3. The number of nitrogens with one attached hydrogen (secondary N) is 1. The maximum absolute atomic E-state index is 11.9. The van der Waals surface area contributed by atoms with Gasteiger partial charge in [0, 0.05) is 11.4 Å². The summed E-state index contributed by atoms with van der Waals surface area (Å²) >= 11 is 15.5. The molecule has 0 saturated heterocycles. The molecule has 1 saturated carbocycles. The topological polar surface area (TPSA) is 29.1 Å². The van der Waals surface area contributed by atoms with Gasteiger partial charge in [0.15, 0.2) is 0 Å². The first-order valence-electron chi connectivity index (χ1n) is 6.89. The summed E-state index contributed by atoms with van der Waals surface area (Å²) in [4.78, 5) is 12.5. The van der Waals surface area contributed by atoms with Crippen LogP contribution in [0.2, 0.25) is 10.0 Å². The number of hydrogen-bond acceptors (Lipinski definition) is 1. The summed E-state index contributed by atoms with van der Waals surface area (Å²) in [5.74, 6) is 0.631. The molecule has 1 aromatic carbocycles. The van der Waals surface area contributed by atoms with E-state index in [1.54, 1.807) is 12.1 Å². The average molecular weight is 379 g/mol.